The van der Waals surface area contributed by atoms with Gasteiger partial charge in [-0.1, -0.05) is 30.0 Å². The molecule has 1 aromatic heterocycles. The molecule has 9 heteroatoms. The number of amidine groups is 1. The van der Waals surface area contributed by atoms with Crippen LogP contribution in [0.2, 0.25) is 0 Å². The number of hydrogen-bond acceptors (Lipinski definition) is 7. The molecule has 0 saturated heterocycles. The van der Waals surface area contributed by atoms with Crippen molar-refractivity contribution in [2.24, 2.45) is 10.1 Å². The van der Waals surface area contributed by atoms with Crippen LogP contribution >= 0.6 is 23.1 Å². The number of thioether (sulfide) groups is 1. The number of hydrogen-bond donors (Lipinski definition) is 1. The number of nitrogens with zero attached hydrogens (tertiary/aromatic N) is 3. The van der Waals surface area contributed by atoms with Crippen LogP contribution in [0.3, 0.4) is 0 Å². The monoisotopic (exact) mass is 415 g/mol. The molecular weight excluding hydrogens is 398 g/mol. The lowest BCUT2D eigenvalue weighted by Gasteiger charge is -2.21. The number of amides is 1. The summed E-state index contributed by atoms with van der Waals surface area (Å²) < 4.78 is 5.31. The van der Waals surface area contributed by atoms with E-state index in [0.29, 0.717) is 11.6 Å². The molecule has 4 rings (SSSR count). The fraction of sp³-hybridized carbons (Fsp3) is 0.263. The summed E-state index contributed by atoms with van der Waals surface area (Å²) in [7, 11) is 1.62. The summed E-state index contributed by atoms with van der Waals surface area (Å²) in [6.07, 6.45) is 0.408. The third kappa shape index (κ3) is 3.67. The number of thiophene rings is 1. The average molecular weight is 415 g/mol. The van der Waals surface area contributed by atoms with Gasteiger partial charge in [0.05, 0.1) is 25.3 Å². The van der Waals surface area contributed by atoms with E-state index in [1.165, 1.54) is 11.8 Å². The zero-order valence-corrected chi connectivity index (χ0v) is 16.6. The highest BCUT2D eigenvalue weighted by Crippen LogP contribution is 2.40. The summed E-state index contributed by atoms with van der Waals surface area (Å²) in [6.45, 7) is 0. The van der Waals surface area contributed by atoms with E-state index in [1.54, 1.807) is 23.5 Å². The van der Waals surface area contributed by atoms with Crippen molar-refractivity contribution < 1.29 is 19.4 Å². The number of carbonyl (C=O) groups is 2. The maximum absolute atomic E-state index is 12.1. The van der Waals surface area contributed by atoms with Gasteiger partial charge in [-0.05, 0) is 23.6 Å². The quantitative estimate of drug-likeness (QED) is 0.805. The first-order chi connectivity index (χ1) is 13.5. The molecule has 2 aliphatic rings. The Morgan fingerprint density at radius 2 is 2.21 bits per heavy atom. The van der Waals surface area contributed by atoms with Gasteiger partial charge >= 0.3 is 5.97 Å². The number of carboxylic acid groups (broad SMARTS) is 1. The van der Waals surface area contributed by atoms with Gasteiger partial charge in [0.25, 0.3) is 5.91 Å². The Balaban J connectivity index is 1.66. The lowest BCUT2D eigenvalue weighted by atomic mass is 10.0. The molecule has 0 radical (unpaired) electrons. The van der Waals surface area contributed by atoms with Crippen molar-refractivity contribution in [1.29, 1.82) is 0 Å². The second kappa shape index (κ2) is 7.76. The maximum Gasteiger partial charge on any atom is 0.305 e. The van der Waals surface area contributed by atoms with Crippen molar-refractivity contribution in [2.75, 3.05) is 7.11 Å². The van der Waals surface area contributed by atoms with Gasteiger partial charge in [0, 0.05) is 16.9 Å². The first-order valence-corrected chi connectivity index (χ1v) is 10.4. The van der Waals surface area contributed by atoms with E-state index in [-0.39, 0.29) is 12.5 Å². The molecule has 144 valence electrons. The van der Waals surface area contributed by atoms with E-state index >= 15 is 0 Å². The Morgan fingerprint density at radius 3 is 2.93 bits per heavy atom. The number of methoxy groups -OCH3 is 1. The van der Waals surface area contributed by atoms with Gasteiger partial charge in [0.15, 0.2) is 5.17 Å². The second-order valence-electron chi connectivity index (χ2n) is 6.30. The predicted octanol–water partition coefficient (Wildman–Crippen LogP) is 3.38. The number of hydrazone groups is 1. The summed E-state index contributed by atoms with van der Waals surface area (Å²) in [4.78, 5) is 28.4. The predicted molar refractivity (Wildman–Crippen MR) is 109 cm³/mol. The minimum absolute atomic E-state index is 0.0798. The van der Waals surface area contributed by atoms with Crippen LogP contribution in [0.4, 0.5) is 0 Å². The molecule has 1 N–H and O–H groups in total. The second-order valence-corrected chi connectivity index (χ2v) is 8.44. The maximum atomic E-state index is 12.1. The van der Waals surface area contributed by atoms with Crippen LogP contribution in [0.1, 0.15) is 29.3 Å². The van der Waals surface area contributed by atoms with Crippen molar-refractivity contribution in [3.05, 3.63) is 52.2 Å². The molecule has 28 heavy (non-hydrogen) atoms. The van der Waals surface area contributed by atoms with E-state index in [0.717, 1.165) is 21.9 Å². The highest BCUT2D eigenvalue weighted by atomic mass is 32.2. The standard InChI is InChI=1S/C19H17N3O4S2/c1-26-12-5-2-4-11(8-12)13-9-14(15-6-3-7-27-15)22(21-13)19-20-18(25)16(28-19)10-17(23)24/h2-8,14,16H,9-10H2,1H3,(H,23,24). The van der Waals surface area contributed by atoms with Gasteiger partial charge in [-0.25, -0.2) is 5.01 Å². The number of carboxylic acids is 1. The summed E-state index contributed by atoms with van der Waals surface area (Å²) in [5, 5.41) is 17.3. The Kier molecular flexibility index (Phi) is 5.19. The van der Waals surface area contributed by atoms with Crippen LogP contribution in [0.5, 0.6) is 5.75 Å². The zero-order chi connectivity index (χ0) is 19.7. The molecule has 0 bridgehead atoms. The Hall–Kier alpha value is -2.65. The summed E-state index contributed by atoms with van der Waals surface area (Å²) in [6, 6.07) is 11.6. The van der Waals surface area contributed by atoms with Gasteiger partial charge in [0.2, 0.25) is 0 Å². The topological polar surface area (TPSA) is 91.6 Å². The Bertz CT molecular complexity index is 971. The molecule has 3 heterocycles. The third-order valence-electron chi connectivity index (χ3n) is 4.47. The van der Waals surface area contributed by atoms with Gasteiger partial charge in [-0.3, -0.25) is 9.59 Å². The normalized spacial score (nSPS) is 21.6. The van der Waals surface area contributed by atoms with Gasteiger partial charge in [-0.2, -0.15) is 10.1 Å². The number of rotatable bonds is 5. The molecule has 0 saturated carbocycles. The third-order valence-corrected chi connectivity index (χ3v) is 6.59. The van der Waals surface area contributed by atoms with Crippen LogP contribution in [0.25, 0.3) is 0 Å². The number of ether oxygens (including phenoxy) is 1. The minimum atomic E-state index is -1.01. The largest absolute Gasteiger partial charge is 0.497 e. The smallest absolute Gasteiger partial charge is 0.305 e. The molecule has 2 atom stereocenters. The summed E-state index contributed by atoms with van der Waals surface area (Å²) in [5.74, 6) is -0.688. The molecule has 0 aliphatic carbocycles. The van der Waals surface area contributed by atoms with Crippen LogP contribution in [0, 0.1) is 0 Å². The molecule has 2 aliphatic heterocycles. The highest BCUT2D eigenvalue weighted by Gasteiger charge is 2.39. The summed E-state index contributed by atoms with van der Waals surface area (Å²) >= 11 is 2.79. The first-order valence-electron chi connectivity index (χ1n) is 8.60. The van der Waals surface area contributed by atoms with Crippen molar-refractivity contribution in [3.63, 3.8) is 0 Å². The fourth-order valence-electron chi connectivity index (χ4n) is 3.13. The van der Waals surface area contributed by atoms with E-state index in [2.05, 4.69) is 4.99 Å². The molecule has 7 nitrogen and oxygen atoms in total. The number of carbonyl (C=O) groups excluding carboxylic acids is 1. The first kappa shape index (κ1) is 18.7. The van der Waals surface area contributed by atoms with E-state index in [4.69, 9.17) is 14.9 Å². The molecule has 2 unspecified atom stereocenters. The van der Waals surface area contributed by atoms with Crippen molar-refractivity contribution in [1.82, 2.24) is 5.01 Å². The average Bonchev–Trinajstić information content (AvgIpc) is 3.41. The molecule has 1 amide bonds. The molecule has 0 fully saturated rings. The molecule has 2 aromatic rings. The van der Waals surface area contributed by atoms with Crippen LogP contribution in [-0.4, -0.2) is 45.2 Å². The molecule has 1 aromatic carbocycles. The number of aliphatic carboxylic acids is 1. The van der Waals surface area contributed by atoms with Gasteiger partial charge in [-0.15, -0.1) is 11.3 Å². The lowest BCUT2D eigenvalue weighted by Crippen LogP contribution is -2.23. The minimum Gasteiger partial charge on any atom is -0.497 e. The SMILES string of the molecule is COc1cccc(C2=NN(C3=NC(=O)C(CC(=O)O)S3)C(c3cccs3)C2)c1. The van der Waals surface area contributed by atoms with E-state index < -0.39 is 17.1 Å². The number of aliphatic imine (C=N–C) groups is 1. The highest BCUT2D eigenvalue weighted by molar-refractivity contribution is 8.15. The van der Waals surface area contributed by atoms with Crippen LogP contribution in [0.15, 0.2) is 51.9 Å². The zero-order valence-electron chi connectivity index (χ0n) is 14.9. The van der Waals surface area contributed by atoms with Crippen molar-refractivity contribution in [2.45, 2.75) is 24.1 Å². The van der Waals surface area contributed by atoms with E-state index in [9.17, 15) is 9.59 Å². The number of benzene rings is 1. The fourth-order valence-corrected chi connectivity index (χ4v) is 4.99. The molecule has 0 spiro atoms. The van der Waals surface area contributed by atoms with Crippen molar-refractivity contribution >= 4 is 45.9 Å². The summed E-state index contributed by atoms with van der Waals surface area (Å²) in [5.41, 5.74) is 1.81. The van der Waals surface area contributed by atoms with Crippen LogP contribution < -0.4 is 4.74 Å². The van der Waals surface area contributed by atoms with Crippen molar-refractivity contribution in [3.8, 4) is 5.75 Å². The van der Waals surface area contributed by atoms with Crippen LogP contribution in [-0.2, 0) is 9.59 Å². The van der Waals surface area contributed by atoms with E-state index in [1.807, 2.05) is 41.8 Å². The van der Waals surface area contributed by atoms with Gasteiger partial charge < -0.3 is 9.84 Å². The molecular formula is C19H17N3O4S2. The van der Waals surface area contributed by atoms with Gasteiger partial charge in [0.1, 0.15) is 11.0 Å². The Morgan fingerprint density at radius 1 is 1.36 bits per heavy atom. The Labute approximate surface area is 169 Å². The lowest BCUT2D eigenvalue weighted by molar-refractivity contribution is -0.138.